The van der Waals surface area contributed by atoms with E-state index in [4.69, 9.17) is 14.6 Å². The van der Waals surface area contributed by atoms with Gasteiger partial charge >= 0.3 is 5.97 Å². The third kappa shape index (κ3) is 2.53. The molecule has 0 radical (unpaired) electrons. The molecular weight excluding hydrogens is 238 g/mol. The zero-order valence-electron chi connectivity index (χ0n) is 9.80. The van der Waals surface area contributed by atoms with Crippen LogP contribution in [0.5, 0.6) is 11.5 Å². The minimum Gasteiger partial charge on any atom is -0.486 e. The molecule has 0 aromatic heterocycles. The predicted molar refractivity (Wildman–Crippen MR) is 61.6 cm³/mol. The summed E-state index contributed by atoms with van der Waals surface area (Å²) < 4.78 is 10.7. The van der Waals surface area contributed by atoms with Crippen LogP contribution in [0, 0.1) is 0 Å². The van der Waals surface area contributed by atoms with Crippen molar-refractivity contribution in [3.63, 3.8) is 0 Å². The fraction of sp³-hybridized carbons (Fsp3) is 0.333. The number of rotatable bonds is 3. The highest BCUT2D eigenvalue weighted by molar-refractivity contribution is 5.83. The first kappa shape index (κ1) is 12.2. The number of aliphatic carboxylic acids is 1. The number of benzene rings is 1. The number of carbonyl (C=O) groups is 2. The molecule has 1 aromatic rings. The Labute approximate surface area is 104 Å². The molecule has 0 bridgehead atoms. The van der Waals surface area contributed by atoms with Crippen LogP contribution in [-0.2, 0) is 9.59 Å². The molecule has 1 unspecified atom stereocenters. The Kier molecular flexibility index (Phi) is 3.36. The van der Waals surface area contributed by atoms with Crippen molar-refractivity contribution in [3.05, 3.63) is 23.8 Å². The lowest BCUT2D eigenvalue weighted by Gasteiger charge is -2.20. The average Bonchev–Trinajstić information content (AvgIpc) is 2.35. The third-order valence-corrected chi connectivity index (χ3v) is 2.49. The van der Waals surface area contributed by atoms with Crippen molar-refractivity contribution >= 4 is 11.9 Å². The topological polar surface area (TPSA) is 84.9 Å². The first-order valence-corrected chi connectivity index (χ1v) is 5.47. The van der Waals surface area contributed by atoms with Crippen LogP contribution in [0.1, 0.15) is 18.5 Å². The second-order valence-electron chi connectivity index (χ2n) is 3.87. The smallest absolute Gasteiger partial charge is 0.330 e. The molecule has 1 amide bonds. The normalized spacial score (nSPS) is 14.7. The Morgan fingerprint density at radius 2 is 1.94 bits per heavy atom. The zero-order valence-corrected chi connectivity index (χ0v) is 9.80. The van der Waals surface area contributed by atoms with Crippen molar-refractivity contribution in [2.75, 3.05) is 13.2 Å². The Morgan fingerprint density at radius 1 is 1.28 bits per heavy atom. The van der Waals surface area contributed by atoms with E-state index in [9.17, 15) is 9.59 Å². The average molecular weight is 251 g/mol. The van der Waals surface area contributed by atoms with Crippen molar-refractivity contribution in [1.29, 1.82) is 0 Å². The van der Waals surface area contributed by atoms with Gasteiger partial charge in [0.05, 0.1) is 0 Å². The fourth-order valence-electron chi connectivity index (χ4n) is 1.73. The van der Waals surface area contributed by atoms with Gasteiger partial charge in [0.25, 0.3) is 0 Å². The molecule has 1 aliphatic rings. The quantitative estimate of drug-likeness (QED) is 0.826. The number of fused-ring (bicyclic) bond motifs is 1. The minimum atomic E-state index is -1.12. The molecule has 0 saturated heterocycles. The standard InChI is InChI=1S/C12H13NO5/c1-7(14)13-11(12(15)16)8-2-3-9-10(6-8)18-5-4-17-9/h2-3,6,11H,4-5H2,1H3,(H,13,14)(H,15,16). The van der Waals surface area contributed by atoms with E-state index in [1.54, 1.807) is 18.2 Å². The lowest BCUT2D eigenvalue weighted by Crippen LogP contribution is -2.32. The second-order valence-corrected chi connectivity index (χ2v) is 3.87. The van der Waals surface area contributed by atoms with E-state index >= 15 is 0 Å². The Bertz CT molecular complexity index is 485. The Morgan fingerprint density at radius 3 is 2.56 bits per heavy atom. The van der Waals surface area contributed by atoms with Crippen molar-refractivity contribution in [1.82, 2.24) is 5.32 Å². The molecule has 6 nitrogen and oxygen atoms in total. The summed E-state index contributed by atoms with van der Waals surface area (Å²) >= 11 is 0. The van der Waals surface area contributed by atoms with E-state index in [2.05, 4.69) is 5.32 Å². The predicted octanol–water partition coefficient (Wildman–Crippen LogP) is 0.720. The summed E-state index contributed by atoms with van der Waals surface area (Å²) in [5, 5.41) is 11.5. The van der Waals surface area contributed by atoms with Gasteiger partial charge < -0.3 is 19.9 Å². The molecule has 96 valence electrons. The molecule has 0 spiro atoms. The van der Waals surface area contributed by atoms with Gasteiger partial charge in [0.1, 0.15) is 13.2 Å². The van der Waals surface area contributed by atoms with Gasteiger partial charge in [0, 0.05) is 6.92 Å². The maximum atomic E-state index is 11.1. The van der Waals surface area contributed by atoms with Crippen LogP contribution in [-0.4, -0.2) is 30.2 Å². The van der Waals surface area contributed by atoms with Gasteiger partial charge in [-0.3, -0.25) is 4.79 Å². The lowest BCUT2D eigenvalue weighted by atomic mass is 10.1. The lowest BCUT2D eigenvalue weighted by molar-refractivity contribution is -0.141. The van der Waals surface area contributed by atoms with Crippen molar-refractivity contribution in [3.8, 4) is 11.5 Å². The van der Waals surface area contributed by atoms with Gasteiger partial charge in [-0.15, -0.1) is 0 Å². The van der Waals surface area contributed by atoms with E-state index in [1.165, 1.54) is 6.92 Å². The van der Waals surface area contributed by atoms with E-state index in [-0.39, 0.29) is 0 Å². The van der Waals surface area contributed by atoms with Crippen LogP contribution < -0.4 is 14.8 Å². The van der Waals surface area contributed by atoms with Crippen molar-refractivity contribution in [2.24, 2.45) is 0 Å². The largest absolute Gasteiger partial charge is 0.486 e. The highest BCUT2D eigenvalue weighted by Gasteiger charge is 2.23. The zero-order chi connectivity index (χ0) is 13.1. The highest BCUT2D eigenvalue weighted by Crippen LogP contribution is 2.32. The minimum absolute atomic E-state index is 0.405. The van der Waals surface area contributed by atoms with Crippen molar-refractivity contribution in [2.45, 2.75) is 13.0 Å². The number of amides is 1. The maximum Gasteiger partial charge on any atom is 0.330 e. The third-order valence-electron chi connectivity index (χ3n) is 2.49. The molecule has 1 aromatic carbocycles. The number of carbonyl (C=O) groups excluding carboxylic acids is 1. The molecule has 18 heavy (non-hydrogen) atoms. The van der Waals surface area contributed by atoms with Gasteiger partial charge in [0.15, 0.2) is 17.5 Å². The molecule has 2 N–H and O–H groups in total. The van der Waals surface area contributed by atoms with Crippen LogP contribution in [0.3, 0.4) is 0 Å². The van der Waals surface area contributed by atoms with Gasteiger partial charge in [-0.1, -0.05) is 6.07 Å². The van der Waals surface area contributed by atoms with E-state index in [0.717, 1.165) is 0 Å². The molecule has 0 aliphatic carbocycles. The molecule has 1 aliphatic heterocycles. The summed E-state index contributed by atoms with van der Waals surface area (Å²) in [6.07, 6.45) is 0. The number of nitrogens with one attached hydrogen (secondary N) is 1. The molecule has 2 rings (SSSR count). The monoisotopic (exact) mass is 251 g/mol. The molecule has 1 atom stereocenters. The van der Waals surface area contributed by atoms with E-state index in [0.29, 0.717) is 30.3 Å². The number of carboxylic acids is 1. The SMILES string of the molecule is CC(=O)NC(C(=O)O)c1ccc2c(c1)OCCO2. The van der Waals surface area contributed by atoms with Crippen molar-refractivity contribution < 1.29 is 24.2 Å². The number of carboxylic acid groups (broad SMARTS) is 1. The summed E-state index contributed by atoms with van der Waals surface area (Å²) in [5.41, 5.74) is 0.446. The van der Waals surface area contributed by atoms with Gasteiger partial charge in [-0.2, -0.15) is 0 Å². The van der Waals surface area contributed by atoms with E-state index < -0.39 is 17.9 Å². The van der Waals surface area contributed by atoms with Gasteiger partial charge in [0.2, 0.25) is 5.91 Å². The molecule has 1 heterocycles. The van der Waals surface area contributed by atoms with Gasteiger partial charge in [-0.25, -0.2) is 4.79 Å². The second kappa shape index (κ2) is 4.95. The molecule has 0 saturated carbocycles. The summed E-state index contributed by atoms with van der Waals surface area (Å²) in [6, 6.07) is 3.73. The molecule has 0 fully saturated rings. The first-order chi connectivity index (χ1) is 8.58. The fourth-order valence-corrected chi connectivity index (χ4v) is 1.73. The summed E-state index contributed by atoms with van der Waals surface area (Å²) in [7, 11) is 0. The highest BCUT2D eigenvalue weighted by atomic mass is 16.6. The van der Waals surface area contributed by atoms with Crippen LogP contribution in [0.2, 0.25) is 0 Å². The van der Waals surface area contributed by atoms with Gasteiger partial charge in [-0.05, 0) is 17.7 Å². The summed E-state index contributed by atoms with van der Waals surface area (Å²) in [6.45, 7) is 2.17. The maximum absolute atomic E-state index is 11.1. The number of hydrogen-bond donors (Lipinski definition) is 2. The number of ether oxygens (including phenoxy) is 2. The first-order valence-electron chi connectivity index (χ1n) is 5.47. The Balaban J connectivity index is 2.30. The van der Waals surface area contributed by atoms with Crippen LogP contribution in [0.15, 0.2) is 18.2 Å². The number of hydrogen-bond acceptors (Lipinski definition) is 4. The van der Waals surface area contributed by atoms with Crippen LogP contribution >= 0.6 is 0 Å². The molecule has 6 heteroatoms. The van der Waals surface area contributed by atoms with Crippen LogP contribution in [0.25, 0.3) is 0 Å². The summed E-state index contributed by atoms with van der Waals surface area (Å²) in [5.74, 6) is -0.452. The Hall–Kier alpha value is -2.24. The molecular formula is C12H13NO5. The van der Waals surface area contributed by atoms with E-state index in [1.807, 2.05) is 0 Å². The van der Waals surface area contributed by atoms with Crippen LogP contribution in [0.4, 0.5) is 0 Å². The summed E-state index contributed by atoms with van der Waals surface area (Å²) in [4.78, 5) is 22.1.